The van der Waals surface area contributed by atoms with Crippen molar-refractivity contribution in [1.29, 1.82) is 5.26 Å². The van der Waals surface area contributed by atoms with E-state index in [0.717, 1.165) is 12.8 Å². The summed E-state index contributed by atoms with van der Waals surface area (Å²) < 4.78 is 4.52. The third kappa shape index (κ3) is 2.10. The lowest BCUT2D eigenvalue weighted by Gasteiger charge is -2.11. The van der Waals surface area contributed by atoms with Crippen molar-refractivity contribution in [2.75, 3.05) is 0 Å². The molecule has 1 fully saturated rings. The maximum atomic E-state index is 8.08. The molecule has 0 N–H and O–H groups in total. The van der Waals surface area contributed by atoms with Crippen LogP contribution in [0.3, 0.4) is 0 Å². The fourth-order valence-electron chi connectivity index (χ4n) is 1.23. The molecule has 0 aromatic rings. The molecule has 0 aliphatic heterocycles. The van der Waals surface area contributed by atoms with Gasteiger partial charge in [0.25, 0.3) is 6.26 Å². The highest BCUT2D eigenvalue weighted by Crippen LogP contribution is 2.22. The number of nitriles is 1. The third-order valence-corrected chi connectivity index (χ3v) is 1.77. The lowest BCUT2D eigenvalue weighted by Crippen LogP contribution is -1.93. The molecule has 0 radical (unpaired) electrons. The minimum Gasteiger partial charge on any atom is -0.396 e. The third-order valence-electron chi connectivity index (χ3n) is 1.77. The summed E-state index contributed by atoms with van der Waals surface area (Å²) in [6, 6.07) is 0. The van der Waals surface area contributed by atoms with Crippen LogP contribution >= 0.6 is 0 Å². The van der Waals surface area contributed by atoms with E-state index in [1.807, 2.05) is 0 Å². The Morgan fingerprint density at radius 2 is 2.00 bits per heavy atom. The zero-order chi connectivity index (χ0) is 7.23. The molecule has 1 rings (SSSR count). The average Bonchev–Trinajstić information content (AvgIpc) is 2.03. The molecule has 0 atom stereocenters. The minimum atomic E-state index is 1.11. The zero-order valence-electron chi connectivity index (χ0n) is 5.97. The summed E-state index contributed by atoms with van der Waals surface area (Å²) in [5.41, 5.74) is 1.29. The lowest BCUT2D eigenvalue weighted by molar-refractivity contribution is 0.412. The van der Waals surface area contributed by atoms with E-state index in [4.69, 9.17) is 5.26 Å². The molecule has 0 aromatic carbocycles. The molecule has 10 heavy (non-hydrogen) atoms. The van der Waals surface area contributed by atoms with Crippen molar-refractivity contribution in [2.45, 2.75) is 32.1 Å². The first-order valence-corrected chi connectivity index (χ1v) is 3.66. The predicted molar refractivity (Wildman–Crippen MR) is 37.9 cm³/mol. The second-order valence-electron chi connectivity index (χ2n) is 2.55. The topological polar surface area (TPSA) is 33.0 Å². The highest BCUT2D eigenvalue weighted by molar-refractivity contribution is 5.00. The van der Waals surface area contributed by atoms with E-state index in [-0.39, 0.29) is 0 Å². The van der Waals surface area contributed by atoms with Crippen LogP contribution in [0, 0.1) is 11.5 Å². The average molecular weight is 137 g/mol. The summed E-state index contributed by atoms with van der Waals surface area (Å²) in [5.74, 6) is 0. The maximum Gasteiger partial charge on any atom is 0.291 e. The molecule has 0 aromatic heterocycles. The Morgan fingerprint density at radius 3 is 2.60 bits per heavy atom. The molecule has 1 saturated carbocycles. The van der Waals surface area contributed by atoms with Crippen molar-refractivity contribution in [3.05, 3.63) is 11.8 Å². The fourth-order valence-corrected chi connectivity index (χ4v) is 1.23. The SMILES string of the molecule is N#COC=C1CCCCC1. The highest BCUT2D eigenvalue weighted by Gasteiger charge is 2.04. The van der Waals surface area contributed by atoms with Crippen LogP contribution in [0.1, 0.15) is 32.1 Å². The highest BCUT2D eigenvalue weighted by atomic mass is 16.5. The van der Waals surface area contributed by atoms with Gasteiger partial charge in [0.15, 0.2) is 0 Å². The summed E-state index contributed by atoms with van der Waals surface area (Å²) in [6.45, 7) is 0. The van der Waals surface area contributed by atoms with Crippen molar-refractivity contribution in [1.82, 2.24) is 0 Å². The second-order valence-corrected chi connectivity index (χ2v) is 2.55. The number of allylic oxidation sites excluding steroid dienone is 1. The van der Waals surface area contributed by atoms with Gasteiger partial charge in [-0.1, -0.05) is 6.42 Å². The van der Waals surface area contributed by atoms with Gasteiger partial charge in [0, 0.05) is 0 Å². The Labute approximate surface area is 61.1 Å². The molecule has 54 valence electrons. The first-order valence-electron chi connectivity index (χ1n) is 3.66. The minimum absolute atomic E-state index is 1.11. The second kappa shape index (κ2) is 3.94. The first kappa shape index (κ1) is 7.14. The van der Waals surface area contributed by atoms with Crippen LogP contribution in [0.4, 0.5) is 0 Å². The summed E-state index contributed by atoms with van der Waals surface area (Å²) in [6.07, 6.45) is 9.29. The molecule has 1 aliphatic carbocycles. The zero-order valence-corrected chi connectivity index (χ0v) is 5.97. The molecule has 0 amide bonds. The molecule has 2 heteroatoms. The van der Waals surface area contributed by atoms with Gasteiger partial charge in [-0.2, -0.15) is 0 Å². The Hall–Kier alpha value is -0.970. The lowest BCUT2D eigenvalue weighted by atomic mass is 9.96. The Balaban J connectivity index is 2.32. The molecule has 0 bridgehead atoms. The molecule has 2 nitrogen and oxygen atoms in total. The van der Waals surface area contributed by atoms with Gasteiger partial charge < -0.3 is 4.74 Å². The molecule has 0 heterocycles. The van der Waals surface area contributed by atoms with Crippen LogP contribution in [0.2, 0.25) is 0 Å². The van der Waals surface area contributed by atoms with Crippen LogP contribution in [-0.2, 0) is 4.74 Å². The van der Waals surface area contributed by atoms with E-state index in [1.165, 1.54) is 24.8 Å². The smallest absolute Gasteiger partial charge is 0.291 e. The summed E-state index contributed by atoms with van der Waals surface area (Å²) in [7, 11) is 0. The standard InChI is InChI=1S/C8H11NO/c9-7-10-6-8-4-2-1-3-5-8/h6H,1-5H2. The Kier molecular flexibility index (Phi) is 2.82. The van der Waals surface area contributed by atoms with Gasteiger partial charge in [-0.25, -0.2) is 0 Å². The van der Waals surface area contributed by atoms with E-state index in [9.17, 15) is 0 Å². The van der Waals surface area contributed by atoms with Gasteiger partial charge in [-0.3, -0.25) is 0 Å². The Bertz CT molecular complexity index is 159. The van der Waals surface area contributed by atoms with Crippen LogP contribution in [0.25, 0.3) is 0 Å². The quantitative estimate of drug-likeness (QED) is 0.410. The van der Waals surface area contributed by atoms with Crippen molar-refractivity contribution >= 4 is 0 Å². The van der Waals surface area contributed by atoms with Gasteiger partial charge >= 0.3 is 0 Å². The summed E-state index contributed by atoms with van der Waals surface area (Å²) in [5, 5.41) is 8.08. The van der Waals surface area contributed by atoms with Crippen molar-refractivity contribution < 1.29 is 4.74 Å². The van der Waals surface area contributed by atoms with E-state index in [0.29, 0.717) is 0 Å². The van der Waals surface area contributed by atoms with Crippen LogP contribution in [-0.4, -0.2) is 0 Å². The van der Waals surface area contributed by atoms with E-state index < -0.39 is 0 Å². The number of ether oxygens (including phenoxy) is 1. The number of rotatable bonds is 1. The first-order chi connectivity index (χ1) is 4.93. The van der Waals surface area contributed by atoms with Crippen molar-refractivity contribution in [3.63, 3.8) is 0 Å². The van der Waals surface area contributed by atoms with E-state index in [2.05, 4.69) is 4.74 Å². The molecule has 0 saturated heterocycles. The largest absolute Gasteiger partial charge is 0.396 e. The van der Waals surface area contributed by atoms with E-state index >= 15 is 0 Å². The van der Waals surface area contributed by atoms with Crippen molar-refractivity contribution in [2.24, 2.45) is 0 Å². The molecule has 0 spiro atoms. The molecular weight excluding hydrogens is 126 g/mol. The van der Waals surface area contributed by atoms with Gasteiger partial charge in [0.2, 0.25) is 0 Å². The summed E-state index contributed by atoms with van der Waals surface area (Å²) in [4.78, 5) is 0. The van der Waals surface area contributed by atoms with E-state index in [1.54, 1.807) is 12.5 Å². The van der Waals surface area contributed by atoms with Gasteiger partial charge in [-0.05, 0) is 31.3 Å². The number of nitrogens with zero attached hydrogens (tertiary/aromatic N) is 1. The van der Waals surface area contributed by atoms with Crippen LogP contribution in [0.15, 0.2) is 11.8 Å². The number of hydrogen-bond acceptors (Lipinski definition) is 2. The van der Waals surface area contributed by atoms with Crippen molar-refractivity contribution in [3.8, 4) is 6.26 Å². The molecule has 1 aliphatic rings. The van der Waals surface area contributed by atoms with Gasteiger partial charge in [-0.15, -0.1) is 5.26 Å². The van der Waals surface area contributed by atoms with Gasteiger partial charge in [0.1, 0.15) is 6.26 Å². The molecular formula is C8H11NO. The molecule has 0 unspecified atom stereocenters. The monoisotopic (exact) mass is 137 g/mol. The van der Waals surface area contributed by atoms with Crippen LogP contribution < -0.4 is 0 Å². The van der Waals surface area contributed by atoms with Crippen LogP contribution in [0.5, 0.6) is 0 Å². The fraction of sp³-hybridized carbons (Fsp3) is 0.625. The Morgan fingerprint density at radius 1 is 1.30 bits per heavy atom. The van der Waals surface area contributed by atoms with Gasteiger partial charge in [0.05, 0.1) is 0 Å². The normalized spacial score (nSPS) is 17.7. The maximum absolute atomic E-state index is 8.08. The summed E-state index contributed by atoms with van der Waals surface area (Å²) >= 11 is 0. The predicted octanol–water partition coefficient (Wildman–Crippen LogP) is 2.33. The number of hydrogen-bond donors (Lipinski definition) is 0.